The van der Waals surface area contributed by atoms with Crippen molar-refractivity contribution in [2.45, 2.75) is 19.0 Å². The van der Waals surface area contributed by atoms with Crippen molar-refractivity contribution in [2.24, 2.45) is 0 Å². The van der Waals surface area contributed by atoms with Crippen LogP contribution in [0, 0.1) is 0 Å². The van der Waals surface area contributed by atoms with Gasteiger partial charge in [-0.3, -0.25) is 4.72 Å². The van der Waals surface area contributed by atoms with Gasteiger partial charge in [-0.05, 0) is 30.2 Å². The molecule has 0 aliphatic heterocycles. The van der Waals surface area contributed by atoms with Crippen molar-refractivity contribution in [1.82, 2.24) is 9.97 Å². The van der Waals surface area contributed by atoms with Crippen LogP contribution in [0.4, 0.5) is 36.3 Å². The Hall–Kier alpha value is -2.69. The standard InChI is InChI=1S/C16H18F3N5O2S/c1-20-13-6-5-11(8-10(13)4-3-7-25)22-15-21-9-12(16(17,18)19)14(23-15)24-27(2)26/h5-9,20H,3-4H2,1-2H3,(H2,21,22,23,24). The second-order valence-corrected chi connectivity index (χ2v) is 6.57. The highest BCUT2D eigenvalue weighted by Crippen LogP contribution is 2.34. The van der Waals surface area contributed by atoms with Gasteiger partial charge in [-0.15, -0.1) is 0 Å². The molecule has 3 N–H and O–H groups in total. The first kappa shape index (κ1) is 20.6. The minimum absolute atomic E-state index is 0.0884. The van der Waals surface area contributed by atoms with E-state index >= 15 is 0 Å². The lowest BCUT2D eigenvalue weighted by Gasteiger charge is -2.14. The van der Waals surface area contributed by atoms with Gasteiger partial charge in [-0.25, -0.2) is 9.19 Å². The molecule has 2 rings (SSSR count). The molecular formula is C16H18F3N5O2S. The van der Waals surface area contributed by atoms with Gasteiger partial charge < -0.3 is 15.4 Å². The van der Waals surface area contributed by atoms with E-state index in [-0.39, 0.29) is 5.95 Å². The molecule has 0 aliphatic rings. The maximum atomic E-state index is 13.0. The molecule has 1 aromatic carbocycles. The number of halogens is 3. The summed E-state index contributed by atoms with van der Waals surface area (Å²) in [6.45, 7) is 0. The highest BCUT2D eigenvalue weighted by molar-refractivity contribution is 7.85. The molecule has 0 fully saturated rings. The Morgan fingerprint density at radius 2 is 2.04 bits per heavy atom. The fourth-order valence-electron chi connectivity index (χ4n) is 2.33. The van der Waals surface area contributed by atoms with Crippen molar-refractivity contribution in [3.63, 3.8) is 0 Å². The number of aryl methyl sites for hydroxylation is 1. The summed E-state index contributed by atoms with van der Waals surface area (Å²) < 4.78 is 52.6. The number of aldehydes is 1. The summed E-state index contributed by atoms with van der Waals surface area (Å²) in [4.78, 5) is 18.1. The SMILES string of the molecule is CNc1ccc(Nc2ncc(C(F)(F)F)c(NS(C)=O)n2)cc1CCC=O. The fourth-order valence-corrected chi connectivity index (χ4v) is 2.76. The number of carbonyl (C=O) groups excluding carboxylic acids is 1. The average Bonchev–Trinajstić information content (AvgIpc) is 2.58. The number of anilines is 4. The van der Waals surface area contributed by atoms with Crippen molar-refractivity contribution in [1.29, 1.82) is 0 Å². The Morgan fingerprint density at radius 1 is 1.30 bits per heavy atom. The Balaban J connectivity index is 2.33. The molecule has 1 heterocycles. The zero-order chi connectivity index (χ0) is 20.0. The van der Waals surface area contributed by atoms with E-state index in [1.54, 1.807) is 25.2 Å². The van der Waals surface area contributed by atoms with Crippen LogP contribution >= 0.6 is 0 Å². The highest BCUT2D eigenvalue weighted by Gasteiger charge is 2.35. The van der Waals surface area contributed by atoms with Gasteiger partial charge in [0.05, 0.1) is 0 Å². The maximum absolute atomic E-state index is 13.0. The van der Waals surface area contributed by atoms with E-state index < -0.39 is 28.5 Å². The number of nitrogens with zero attached hydrogens (tertiary/aromatic N) is 2. The van der Waals surface area contributed by atoms with E-state index in [1.807, 2.05) is 0 Å². The molecule has 27 heavy (non-hydrogen) atoms. The predicted molar refractivity (Wildman–Crippen MR) is 98.4 cm³/mol. The molecule has 0 saturated heterocycles. The number of nitrogens with one attached hydrogen (secondary N) is 3. The molecule has 1 atom stereocenters. The molecule has 0 bridgehead atoms. The van der Waals surface area contributed by atoms with Crippen molar-refractivity contribution < 1.29 is 22.2 Å². The van der Waals surface area contributed by atoms with Crippen LogP contribution in [-0.2, 0) is 28.4 Å². The molecule has 1 aromatic heterocycles. The van der Waals surface area contributed by atoms with Crippen LogP contribution in [0.25, 0.3) is 0 Å². The number of hydrogen-bond acceptors (Lipinski definition) is 6. The van der Waals surface area contributed by atoms with Crippen molar-refractivity contribution >= 4 is 40.4 Å². The third-order valence-corrected chi connectivity index (χ3v) is 3.98. The summed E-state index contributed by atoms with van der Waals surface area (Å²) in [5.74, 6) is -0.664. The lowest BCUT2D eigenvalue weighted by atomic mass is 10.1. The molecule has 0 spiro atoms. The summed E-state index contributed by atoms with van der Waals surface area (Å²) in [5.41, 5.74) is 1.12. The Morgan fingerprint density at radius 3 is 2.63 bits per heavy atom. The Kier molecular flexibility index (Phi) is 6.72. The van der Waals surface area contributed by atoms with E-state index in [9.17, 15) is 22.2 Å². The highest BCUT2D eigenvalue weighted by atomic mass is 32.2. The van der Waals surface area contributed by atoms with Gasteiger partial charge >= 0.3 is 6.18 Å². The van der Waals surface area contributed by atoms with Crippen LogP contribution in [0.2, 0.25) is 0 Å². The minimum Gasteiger partial charge on any atom is -0.388 e. The van der Waals surface area contributed by atoms with E-state index in [2.05, 4.69) is 25.3 Å². The molecule has 0 amide bonds. The molecule has 1 unspecified atom stereocenters. The van der Waals surface area contributed by atoms with Crippen molar-refractivity contribution in [3.8, 4) is 0 Å². The second kappa shape index (κ2) is 8.80. The number of alkyl halides is 3. The van der Waals surface area contributed by atoms with Crippen LogP contribution in [0.3, 0.4) is 0 Å². The molecular weight excluding hydrogens is 383 g/mol. The molecule has 2 aromatic rings. The average molecular weight is 401 g/mol. The largest absolute Gasteiger partial charge is 0.421 e. The first-order valence-corrected chi connectivity index (χ1v) is 9.36. The van der Waals surface area contributed by atoms with Gasteiger partial charge in [0, 0.05) is 37.3 Å². The van der Waals surface area contributed by atoms with Crippen LogP contribution in [0.5, 0.6) is 0 Å². The van der Waals surface area contributed by atoms with Crippen molar-refractivity contribution in [3.05, 3.63) is 35.5 Å². The first-order valence-electron chi connectivity index (χ1n) is 7.80. The quantitative estimate of drug-likeness (QED) is 0.588. The van der Waals surface area contributed by atoms with Gasteiger partial charge in [0.25, 0.3) is 0 Å². The van der Waals surface area contributed by atoms with Crippen LogP contribution < -0.4 is 15.4 Å². The summed E-state index contributed by atoms with van der Waals surface area (Å²) in [7, 11) is 0.00707. The van der Waals surface area contributed by atoms with E-state index in [1.165, 1.54) is 6.26 Å². The summed E-state index contributed by atoms with van der Waals surface area (Å²) in [5, 5.41) is 5.83. The molecule has 11 heteroatoms. The van der Waals surface area contributed by atoms with Crippen molar-refractivity contribution in [2.75, 3.05) is 28.7 Å². The van der Waals surface area contributed by atoms with Gasteiger partial charge in [-0.2, -0.15) is 18.2 Å². The lowest BCUT2D eigenvalue weighted by Crippen LogP contribution is -2.15. The molecule has 0 saturated carbocycles. The van der Waals surface area contributed by atoms with Gasteiger partial charge in [0.1, 0.15) is 22.8 Å². The third kappa shape index (κ3) is 5.64. The van der Waals surface area contributed by atoms with E-state index in [4.69, 9.17) is 0 Å². The molecule has 7 nitrogen and oxygen atoms in total. The zero-order valence-electron chi connectivity index (χ0n) is 14.6. The summed E-state index contributed by atoms with van der Waals surface area (Å²) in [6, 6.07) is 5.22. The smallest absolute Gasteiger partial charge is 0.388 e. The number of rotatable bonds is 8. The zero-order valence-corrected chi connectivity index (χ0v) is 15.4. The second-order valence-electron chi connectivity index (χ2n) is 5.46. The summed E-state index contributed by atoms with van der Waals surface area (Å²) in [6.07, 6.45) is -1.21. The Bertz CT molecular complexity index is 845. The maximum Gasteiger partial charge on any atom is 0.421 e. The van der Waals surface area contributed by atoms with Crippen LogP contribution in [0.15, 0.2) is 24.4 Å². The number of aromatic nitrogens is 2. The predicted octanol–water partition coefficient (Wildman–Crippen LogP) is 3.12. The number of carbonyl (C=O) groups is 1. The minimum atomic E-state index is -4.68. The number of benzene rings is 1. The monoisotopic (exact) mass is 401 g/mol. The van der Waals surface area contributed by atoms with Gasteiger partial charge in [-0.1, -0.05) is 0 Å². The molecule has 146 valence electrons. The normalized spacial score (nSPS) is 12.3. The molecule has 0 aliphatic carbocycles. The lowest BCUT2D eigenvalue weighted by molar-refractivity contribution is -0.137. The van der Waals surface area contributed by atoms with E-state index in [0.29, 0.717) is 24.7 Å². The number of hydrogen-bond donors (Lipinski definition) is 3. The Labute approximate surface area is 156 Å². The van der Waals surface area contributed by atoms with Gasteiger partial charge in [0.15, 0.2) is 5.82 Å². The first-order chi connectivity index (χ1) is 12.7. The molecule has 0 radical (unpaired) electrons. The summed E-state index contributed by atoms with van der Waals surface area (Å²) >= 11 is 0. The van der Waals surface area contributed by atoms with Gasteiger partial charge in [0.2, 0.25) is 5.95 Å². The third-order valence-electron chi connectivity index (χ3n) is 3.50. The topological polar surface area (TPSA) is 96.0 Å². The van der Waals surface area contributed by atoms with Crippen LogP contribution in [-0.4, -0.2) is 33.8 Å². The van der Waals surface area contributed by atoms with Crippen LogP contribution in [0.1, 0.15) is 17.5 Å². The van der Waals surface area contributed by atoms with E-state index in [0.717, 1.165) is 17.5 Å². The fraction of sp³-hybridized carbons (Fsp3) is 0.312.